The van der Waals surface area contributed by atoms with E-state index in [0.717, 1.165) is 88.1 Å². The second-order valence-corrected chi connectivity index (χ2v) is 7.58. The van der Waals surface area contributed by atoms with Gasteiger partial charge in [0, 0.05) is 51.7 Å². The van der Waals surface area contributed by atoms with Crippen LogP contribution in [0.4, 0.5) is 0 Å². The molecule has 2 aliphatic heterocycles. The number of morpholine rings is 1. The number of imidazole rings is 1. The van der Waals surface area contributed by atoms with E-state index in [2.05, 4.69) is 44.1 Å². The van der Waals surface area contributed by atoms with E-state index >= 15 is 0 Å². The number of hydrogen-bond donors (Lipinski definition) is 2. The number of benzene rings is 1. The van der Waals surface area contributed by atoms with Gasteiger partial charge in [-0.2, -0.15) is 0 Å². The molecule has 2 N–H and O–H groups in total. The summed E-state index contributed by atoms with van der Waals surface area (Å²) in [5.41, 5.74) is 2.15. The topological polar surface area (TPSA) is 68.8 Å². The highest BCUT2D eigenvalue weighted by molar-refractivity contribution is 14.0. The van der Waals surface area contributed by atoms with E-state index in [-0.39, 0.29) is 24.0 Å². The number of rotatable bonds is 6. The molecular weight excluding hydrogens is 479 g/mol. The van der Waals surface area contributed by atoms with Gasteiger partial charge in [-0.1, -0.05) is 12.1 Å². The third-order valence-electron chi connectivity index (χ3n) is 5.63. The Balaban J connectivity index is 0.00000240. The van der Waals surface area contributed by atoms with Crippen molar-refractivity contribution in [1.82, 2.24) is 25.1 Å². The number of fused-ring (bicyclic) bond motifs is 1. The van der Waals surface area contributed by atoms with E-state index in [9.17, 15) is 0 Å². The van der Waals surface area contributed by atoms with Gasteiger partial charge in [0.1, 0.15) is 5.82 Å². The van der Waals surface area contributed by atoms with Gasteiger partial charge >= 0.3 is 0 Å². The van der Waals surface area contributed by atoms with Crippen LogP contribution in [0.25, 0.3) is 11.0 Å². The predicted molar refractivity (Wildman–Crippen MR) is 128 cm³/mol. The Hall–Kier alpha value is -1.39. The molecule has 3 heterocycles. The fourth-order valence-electron chi connectivity index (χ4n) is 4.16. The van der Waals surface area contributed by atoms with Gasteiger partial charge < -0.3 is 19.9 Å². The van der Waals surface area contributed by atoms with E-state index in [0.29, 0.717) is 6.04 Å². The molecule has 8 heteroatoms. The maximum absolute atomic E-state index is 5.49. The zero-order valence-electron chi connectivity index (χ0n) is 17.3. The van der Waals surface area contributed by atoms with Crippen molar-refractivity contribution in [3.05, 3.63) is 30.1 Å². The van der Waals surface area contributed by atoms with Crippen LogP contribution in [0.1, 0.15) is 25.6 Å². The first-order chi connectivity index (χ1) is 13.8. The van der Waals surface area contributed by atoms with Gasteiger partial charge in [0.15, 0.2) is 5.96 Å². The molecule has 0 saturated carbocycles. The molecule has 1 aromatic heterocycles. The molecule has 29 heavy (non-hydrogen) atoms. The predicted octanol–water partition coefficient (Wildman–Crippen LogP) is 2.49. The minimum atomic E-state index is 0. The number of H-pyrrole nitrogens is 1. The van der Waals surface area contributed by atoms with E-state index in [4.69, 9.17) is 9.73 Å². The quantitative estimate of drug-likeness (QED) is 0.270. The number of para-hydroxylation sites is 2. The van der Waals surface area contributed by atoms with E-state index in [1.54, 1.807) is 0 Å². The number of nitrogens with zero attached hydrogens (tertiary/aromatic N) is 4. The molecule has 0 amide bonds. The van der Waals surface area contributed by atoms with Crippen LogP contribution in [0.3, 0.4) is 0 Å². The van der Waals surface area contributed by atoms with E-state index in [1.165, 1.54) is 6.42 Å². The van der Waals surface area contributed by atoms with Crippen molar-refractivity contribution >= 4 is 41.0 Å². The van der Waals surface area contributed by atoms with Crippen molar-refractivity contribution in [2.24, 2.45) is 4.99 Å². The third-order valence-corrected chi connectivity index (χ3v) is 5.63. The first-order valence-corrected chi connectivity index (χ1v) is 10.6. The zero-order valence-corrected chi connectivity index (χ0v) is 19.6. The number of likely N-dealkylation sites (tertiary alicyclic amines) is 1. The number of ether oxygens (including phenoxy) is 1. The largest absolute Gasteiger partial charge is 0.379 e. The van der Waals surface area contributed by atoms with Crippen LogP contribution in [0, 0.1) is 0 Å². The number of halogens is 1. The number of guanidine groups is 1. The van der Waals surface area contributed by atoms with Gasteiger partial charge in [0.2, 0.25) is 0 Å². The summed E-state index contributed by atoms with van der Waals surface area (Å²) in [5.74, 6) is 2.11. The summed E-state index contributed by atoms with van der Waals surface area (Å²) in [5, 5.41) is 3.48. The van der Waals surface area contributed by atoms with Crippen LogP contribution in [0.2, 0.25) is 0 Å². The Bertz CT molecular complexity index is 755. The van der Waals surface area contributed by atoms with Gasteiger partial charge in [-0.25, -0.2) is 4.98 Å². The molecule has 0 aliphatic carbocycles. The number of aromatic nitrogens is 2. The lowest BCUT2D eigenvalue weighted by atomic mass is 10.2. The lowest BCUT2D eigenvalue weighted by Gasteiger charge is -2.32. The summed E-state index contributed by atoms with van der Waals surface area (Å²) >= 11 is 0. The molecule has 1 aromatic carbocycles. The maximum Gasteiger partial charge on any atom is 0.193 e. The summed E-state index contributed by atoms with van der Waals surface area (Å²) in [6, 6.07) is 8.82. The summed E-state index contributed by atoms with van der Waals surface area (Å²) in [7, 11) is 0. The van der Waals surface area contributed by atoms with Gasteiger partial charge in [0.25, 0.3) is 0 Å². The summed E-state index contributed by atoms with van der Waals surface area (Å²) < 4.78 is 5.49. The molecule has 2 aliphatic rings. The van der Waals surface area contributed by atoms with Gasteiger partial charge in [-0.15, -0.1) is 24.0 Å². The Labute approximate surface area is 190 Å². The van der Waals surface area contributed by atoms with Crippen molar-refractivity contribution < 1.29 is 4.74 Å². The molecule has 160 valence electrons. The van der Waals surface area contributed by atoms with Crippen LogP contribution >= 0.6 is 24.0 Å². The van der Waals surface area contributed by atoms with Crippen LogP contribution in [-0.2, 0) is 11.2 Å². The normalized spacial score (nSPS) is 20.8. The molecule has 2 saturated heterocycles. The lowest BCUT2D eigenvalue weighted by Crippen LogP contribution is -2.46. The Morgan fingerprint density at radius 3 is 2.90 bits per heavy atom. The van der Waals surface area contributed by atoms with Crippen molar-refractivity contribution in [3.63, 3.8) is 0 Å². The highest BCUT2D eigenvalue weighted by Gasteiger charge is 2.30. The van der Waals surface area contributed by atoms with Gasteiger partial charge in [-0.05, 0) is 31.9 Å². The standard InChI is InChI=1S/C21H32N6O.HI/c1-2-22-21(27-11-9-17(16-27)26-12-14-28-15-13-26)23-10-5-8-20-24-18-6-3-4-7-19(18)25-20;/h3-4,6-7,17H,2,5,8-16H2,1H3,(H,22,23)(H,24,25);1H. The molecule has 0 spiro atoms. The Morgan fingerprint density at radius 2 is 2.10 bits per heavy atom. The Morgan fingerprint density at radius 1 is 1.28 bits per heavy atom. The van der Waals surface area contributed by atoms with Crippen molar-refractivity contribution in [1.29, 1.82) is 0 Å². The van der Waals surface area contributed by atoms with Crippen LogP contribution in [0.5, 0.6) is 0 Å². The zero-order chi connectivity index (χ0) is 19.2. The van der Waals surface area contributed by atoms with Crippen molar-refractivity contribution in [2.75, 3.05) is 52.5 Å². The fourth-order valence-corrected chi connectivity index (χ4v) is 4.16. The smallest absolute Gasteiger partial charge is 0.193 e. The minimum absolute atomic E-state index is 0. The van der Waals surface area contributed by atoms with Crippen LogP contribution < -0.4 is 5.32 Å². The molecule has 2 fully saturated rings. The third kappa shape index (κ3) is 5.82. The second kappa shape index (κ2) is 11.1. The summed E-state index contributed by atoms with van der Waals surface area (Å²) in [6.07, 6.45) is 3.13. The average Bonchev–Trinajstić information content (AvgIpc) is 3.38. The molecule has 0 bridgehead atoms. The molecule has 1 unspecified atom stereocenters. The average molecular weight is 512 g/mol. The second-order valence-electron chi connectivity index (χ2n) is 7.58. The molecule has 4 rings (SSSR count). The highest BCUT2D eigenvalue weighted by atomic mass is 127. The minimum Gasteiger partial charge on any atom is -0.379 e. The summed E-state index contributed by atoms with van der Waals surface area (Å²) in [6.45, 7) is 9.86. The van der Waals surface area contributed by atoms with Crippen LogP contribution in [0.15, 0.2) is 29.3 Å². The SMILES string of the molecule is CCNC(=NCCCc1nc2ccccc2[nH]1)N1CCC(N2CCOCC2)C1.I. The molecular formula is C21H33IN6O. The monoisotopic (exact) mass is 512 g/mol. The summed E-state index contributed by atoms with van der Waals surface area (Å²) in [4.78, 5) is 18.0. The number of aliphatic imine (C=N–C) groups is 1. The van der Waals surface area contributed by atoms with E-state index in [1.807, 2.05) is 12.1 Å². The lowest BCUT2D eigenvalue weighted by molar-refractivity contribution is 0.0195. The first kappa shape index (κ1) is 22.3. The Kier molecular flexibility index (Phi) is 8.55. The van der Waals surface area contributed by atoms with Gasteiger partial charge in [0.05, 0.1) is 24.2 Å². The van der Waals surface area contributed by atoms with Crippen molar-refractivity contribution in [2.45, 2.75) is 32.2 Å². The van der Waals surface area contributed by atoms with Gasteiger partial charge in [-0.3, -0.25) is 9.89 Å². The molecule has 1 atom stereocenters. The molecule has 7 nitrogen and oxygen atoms in total. The highest BCUT2D eigenvalue weighted by Crippen LogP contribution is 2.17. The molecule has 2 aromatic rings. The first-order valence-electron chi connectivity index (χ1n) is 10.6. The number of nitrogens with one attached hydrogen (secondary N) is 2. The number of hydrogen-bond acceptors (Lipinski definition) is 4. The maximum atomic E-state index is 5.49. The number of aryl methyl sites for hydroxylation is 1. The van der Waals surface area contributed by atoms with Crippen molar-refractivity contribution in [3.8, 4) is 0 Å². The number of aromatic amines is 1. The molecule has 0 radical (unpaired) electrons. The fraction of sp³-hybridized carbons (Fsp3) is 0.619. The van der Waals surface area contributed by atoms with Crippen LogP contribution in [-0.4, -0.2) is 84.3 Å². The van der Waals surface area contributed by atoms with E-state index < -0.39 is 0 Å².